The topological polar surface area (TPSA) is 53.8 Å². The van der Waals surface area contributed by atoms with Crippen LogP contribution in [0.25, 0.3) is 0 Å². The van der Waals surface area contributed by atoms with E-state index in [9.17, 15) is 10.1 Å². The van der Waals surface area contributed by atoms with Crippen molar-refractivity contribution in [1.29, 1.82) is 5.26 Å². The number of aromatic nitrogens is 1. The lowest BCUT2D eigenvalue weighted by molar-refractivity contribution is 0.0979. The van der Waals surface area contributed by atoms with Gasteiger partial charge >= 0.3 is 0 Å². The van der Waals surface area contributed by atoms with E-state index in [2.05, 4.69) is 4.98 Å². The number of nitrogens with zero attached hydrogens (tertiary/aromatic N) is 2. The van der Waals surface area contributed by atoms with Crippen LogP contribution in [0.15, 0.2) is 42.7 Å². The van der Waals surface area contributed by atoms with Crippen LogP contribution < -0.4 is 0 Å². The highest BCUT2D eigenvalue weighted by molar-refractivity contribution is 6.35. The molecule has 0 fully saturated rings. The number of pyridine rings is 1. The maximum atomic E-state index is 12.4. The number of ketones is 1. The molecule has 0 bridgehead atoms. The molecule has 0 saturated heterocycles. The quantitative estimate of drug-likeness (QED) is 0.802. The standard InChI is InChI=1S/C15H11ClN2O/c1-10-4-2-6-12(14(10)16)15(19)13(8-17)11-5-3-7-18-9-11/h2-7,9,13H,1H3. The number of Topliss-reactive ketones (excluding diaryl/α,β-unsaturated/α-hetero) is 1. The van der Waals surface area contributed by atoms with Crippen molar-refractivity contribution in [2.45, 2.75) is 12.8 Å². The molecule has 1 aromatic heterocycles. The van der Waals surface area contributed by atoms with E-state index in [0.29, 0.717) is 16.1 Å². The van der Waals surface area contributed by atoms with E-state index in [4.69, 9.17) is 11.6 Å². The molecule has 0 aliphatic rings. The van der Waals surface area contributed by atoms with Crippen LogP contribution in [-0.2, 0) is 0 Å². The zero-order valence-electron chi connectivity index (χ0n) is 10.3. The lowest BCUT2D eigenvalue weighted by Gasteiger charge is -2.10. The van der Waals surface area contributed by atoms with Crippen molar-refractivity contribution in [3.05, 3.63) is 64.4 Å². The van der Waals surface area contributed by atoms with Gasteiger partial charge in [-0.2, -0.15) is 5.26 Å². The van der Waals surface area contributed by atoms with Crippen molar-refractivity contribution in [3.8, 4) is 6.07 Å². The monoisotopic (exact) mass is 270 g/mol. The van der Waals surface area contributed by atoms with E-state index in [1.807, 2.05) is 19.1 Å². The van der Waals surface area contributed by atoms with Gasteiger partial charge in [0.05, 0.1) is 11.1 Å². The maximum absolute atomic E-state index is 12.4. The second-order valence-corrected chi connectivity index (χ2v) is 4.53. The van der Waals surface area contributed by atoms with E-state index in [1.165, 1.54) is 6.20 Å². The van der Waals surface area contributed by atoms with Crippen molar-refractivity contribution >= 4 is 17.4 Å². The fourth-order valence-electron chi connectivity index (χ4n) is 1.82. The van der Waals surface area contributed by atoms with E-state index in [1.54, 1.807) is 30.5 Å². The number of carbonyl (C=O) groups is 1. The summed E-state index contributed by atoms with van der Waals surface area (Å²) in [6.45, 7) is 1.82. The van der Waals surface area contributed by atoms with Gasteiger partial charge in [-0.1, -0.05) is 29.8 Å². The average Bonchev–Trinajstić information content (AvgIpc) is 2.44. The Bertz CT molecular complexity index is 647. The molecule has 0 amide bonds. The Morgan fingerprint density at radius 1 is 1.37 bits per heavy atom. The molecular weight excluding hydrogens is 260 g/mol. The Hall–Kier alpha value is -2.18. The summed E-state index contributed by atoms with van der Waals surface area (Å²) in [6.07, 6.45) is 3.12. The third-order valence-corrected chi connectivity index (χ3v) is 3.37. The first kappa shape index (κ1) is 13.3. The third kappa shape index (κ3) is 2.64. The number of nitriles is 1. The van der Waals surface area contributed by atoms with Crippen LogP contribution in [-0.4, -0.2) is 10.8 Å². The Labute approximate surface area is 116 Å². The van der Waals surface area contributed by atoms with Gasteiger partial charge < -0.3 is 0 Å². The van der Waals surface area contributed by atoms with Gasteiger partial charge in [0.2, 0.25) is 0 Å². The molecular formula is C15H11ClN2O. The molecule has 2 aromatic rings. The zero-order valence-corrected chi connectivity index (χ0v) is 11.1. The van der Waals surface area contributed by atoms with Crippen LogP contribution in [0, 0.1) is 18.3 Å². The molecule has 0 spiro atoms. The van der Waals surface area contributed by atoms with Crippen molar-refractivity contribution in [2.24, 2.45) is 0 Å². The molecule has 94 valence electrons. The molecule has 0 aliphatic heterocycles. The zero-order chi connectivity index (χ0) is 13.8. The number of hydrogen-bond acceptors (Lipinski definition) is 3. The Balaban J connectivity index is 2.43. The number of halogens is 1. The molecule has 3 nitrogen and oxygen atoms in total. The molecule has 19 heavy (non-hydrogen) atoms. The second-order valence-electron chi connectivity index (χ2n) is 4.15. The van der Waals surface area contributed by atoms with E-state index >= 15 is 0 Å². The van der Waals surface area contributed by atoms with Gasteiger partial charge in [0.15, 0.2) is 5.78 Å². The molecule has 1 aromatic carbocycles. The van der Waals surface area contributed by atoms with Gasteiger partial charge in [-0.25, -0.2) is 0 Å². The Morgan fingerprint density at radius 2 is 2.16 bits per heavy atom. The minimum atomic E-state index is -0.881. The molecule has 1 heterocycles. The Kier molecular flexibility index (Phi) is 3.94. The van der Waals surface area contributed by atoms with Gasteiger partial charge in [-0.05, 0) is 30.2 Å². The number of carbonyl (C=O) groups excluding carboxylic acids is 1. The molecule has 0 N–H and O–H groups in total. The van der Waals surface area contributed by atoms with Gasteiger partial charge in [-0.15, -0.1) is 0 Å². The molecule has 1 unspecified atom stereocenters. The van der Waals surface area contributed by atoms with Crippen LogP contribution in [0.4, 0.5) is 0 Å². The number of rotatable bonds is 3. The maximum Gasteiger partial charge on any atom is 0.186 e. The van der Waals surface area contributed by atoms with Gasteiger partial charge in [0.1, 0.15) is 5.92 Å². The van der Waals surface area contributed by atoms with Crippen LogP contribution in [0.2, 0.25) is 5.02 Å². The van der Waals surface area contributed by atoms with Crippen molar-refractivity contribution in [2.75, 3.05) is 0 Å². The number of hydrogen-bond donors (Lipinski definition) is 0. The molecule has 4 heteroatoms. The van der Waals surface area contributed by atoms with Gasteiger partial charge in [-0.3, -0.25) is 9.78 Å². The summed E-state index contributed by atoms with van der Waals surface area (Å²) in [7, 11) is 0. The van der Waals surface area contributed by atoms with E-state index < -0.39 is 5.92 Å². The summed E-state index contributed by atoms with van der Waals surface area (Å²) in [5.74, 6) is -1.18. The molecule has 0 saturated carbocycles. The highest BCUT2D eigenvalue weighted by Gasteiger charge is 2.24. The van der Waals surface area contributed by atoms with Crippen LogP contribution in [0.5, 0.6) is 0 Å². The minimum absolute atomic E-state index is 0.302. The largest absolute Gasteiger partial charge is 0.292 e. The summed E-state index contributed by atoms with van der Waals surface area (Å²) >= 11 is 6.13. The summed E-state index contributed by atoms with van der Waals surface area (Å²) in [4.78, 5) is 16.3. The molecule has 0 radical (unpaired) electrons. The first-order valence-electron chi connectivity index (χ1n) is 5.74. The third-order valence-electron chi connectivity index (χ3n) is 2.87. The number of benzene rings is 1. The summed E-state index contributed by atoms with van der Waals surface area (Å²) < 4.78 is 0. The second kappa shape index (κ2) is 5.64. The predicted molar refractivity (Wildman–Crippen MR) is 73.1 cm³/mol. The summed E-state index contributed by atoms with van der Waals surface area (Å²) in [6, 6.07) is 10.6. The normalized spacial score (nSPS) is 11.6. The van der Waals surface area contributed by atoms with Crippen LogP contribution >= 0.6 is 11.6 Å². The molecule has 2 rings (SSSR count). The summed E-state index contributed by atoms with van der Waals surface area (Å²) in [5, 5.41) is 9.63. The number of aryl methyl sites for hydroxylation is 1. The first-order chi connectivity index (χ1) is 9.15. The lowest BCUT2D eigenvalue weighted by Crippen LogP contribution is -2.12. The smallest absolute Gasteiger partial charge is 0.186 e. The highest BCUT2D eigenvalue weighted by atomic mass is 35.5. The first-order valence-corrected chi connectivity index (χ1v) is 6.12. The highest BCUT2D eigenvalue weighted by Crippen LogP contribution is 2.26. The van der Waals surface area contributed by atoms with Gasteiger partial charge in [0.25, 0.3) is 0 Å². The fraction of sp³-hybridized carbons (Fsp3) is 0.133. The van der Waals surface area contributed by atoms with Crippen molar-refractivity contribution in [3.63, 3.8) is 0 Å². The van der Waals surface area contributed by atoms with Crippen LogP contribution in [0.1, 0.15) is 27.4 Å². The lowest BCUT2D eigenvalue weighted by atomic mass is 9.92. The average molecular weight is 271 g/mol. The van der Waals surface area contributed by atoms with E-state index in [-0.39, 0.29) is 5.78 Å². The fourth-order valence-corrected chi connectivity index (χ4v) is 2.04. The molecule has 0 aliphatic carbocycles. The van der Waals surface area contributed by atoms with Crippen LogP contribution in [0.3, 0.4) is 0 Å². The van der Waals surface area contributed by atoms with E-state index in [0.717, 1.165) is 5.56 Å². The Morgan fingerprint density at radius 3 is 2.79 bits per heavy atom. The van der Waals surface area contributed by atoms with Crippen molar-refractivity contribution < 1.29 is 4.79 Å². The van der Waals surface area contributed by atoms with Gasteiger partial charge in [0, 0.05) is 18.0 Å². The minimum Gasteiger partial charge on any atom is -0.292 e. The predicted octanol–water partition coefficient (Wildman–Crippen LogP) is 3.53. The molecule has 1 atom stereocenters. The summed E-state index contributed by atoms with van der Waals surface area (Å²) in [5.41, 5.74) is 1.76. The SMILES string of the molecule is Cc1cccc(C(=O)C(C#N)c2cccnc2)c1Cl. The van der Waals surface area contributed by atoms with Crippen molar-refractivity contribution in [1.82, 2.24) is 4.98 Å².